The van der Waals surface area contributed by atoms with Gasteiger partial charge in [0.25, 0.3) is 0 Å². The van der Waals surface area contributed by atoms with Gasteiger partial charge in [0.1, 0.15) is 0 Å². The molecule has 0 fully saturated rings. The van der Waals surface area contributed by atoms with Gasteiger partial charge in [-0.05, 0) is 83.3 Å². The van der Waals surface area contributed by atoms with Gasteiger partial charge in [-0.25, -0.2) is 0 Å². The zero-order valence-corrected chi connectivity index (χ0v) is 19.9. The van der Waals surface area contributed by atoms with Crippen LogP contribution in [0.25, 0.3) is 49.7 Å². The number of nitrogens with zero attached hydrogens (tertiary/aromatic N) is 2. The second-order valence-electron chi connectivity index (χ2n) is 9.07. The van der Waals surface area contributed by atoms with Gasteiger partial charge >= 0.3 is 0 Å². The molecule has 2 heterocycles. The number of rotatable bonds is 2. The zero-order valence-electron chi connectivity index (χ0n) is 19.1. The third kappa shape index (κ3) is 3.11. The molecule has 0 spiro atoms. The number of aryl methyl sites for hydroxylation is 1. The molecule has 164 valence electrons. The van der Waals surface area contributed by atoms with E-state index in [1.807, 2.05) is 30.8 Å². The molecule has 1 aliphatic rings. The first-order valence-corrected chi connectivity index (χ1v) is 12.5. The Kier molecular flexibility index (Phi) is 4.39. The lowest BCUT2D eigenvalue weighted by Crippen LogP contribution is -2.00. The number of fused-ring (bicyclic) bond motifs is 5. The maximum atomic E-state index is 9.41. The highest BCUT2D eigenvalue weighted by Gasteiger charge is 2.22. The summed E-state index contributed by atoms with van der Waals surface area (Å²) in [5.74, 6) is 0. The highest BCUT2D eigenvalue weighted by Crippen LogP contribution is 2.47. The number of para-hydroxylation sites is 2. The Hall–Kier alpha value is -4.26. The summed E-state index contributed by atoms with van der Waals surface area (Å²) in [6.07, 6.45) is 0. The Morgan fingerprint density at radius 1 is 0.657 bits per heavy atom. The average Bonchev–Trinajstić information content (AvgIpc) is 3.24. The molecule has 2 nitrogen and oxygen atoms in total. The summed E-state index contributed by atoms with van der Waals surface area (Å²) in [7, 11) is 0. The van der Waals surface area contributed by atoms with Gasteiger partial charge in [0.2, 0.25) is 0 Å². The van der Waals surface area contributed by atoms with Gasteiger partial charge in [0, 0.05) is 20.6 Å². The average molecular weight is 465 g/mol. The monoisotopic (exact) mass is 464 g/mol. The van der Waals surface area contributed by atoms with Crippen molar-refractivity contribution in [2.24, 2.45) is 0 Å². The molecule has 6 aromatic rings. The molecule has 7 rings (SSSR count). The van der Waals surface area contributed by atoms with Crippen molar-refractivity contribution >= 4 is 33.6 Å². The maximum absolute atomic E-state index is 9.41. The Labute approximate surface area is 208 Å². The lowest BCUT2D eigenvalue weighted by atomic mass is 9.96. The molecule has 0 amide bonds. The fourth-order valence-corrected chi connectivity index (χ4v) is 6.38. The third-order valence-electron chi connectivity index (χ3n) is 6.81. The lowest BCUT2D eigenvalue weighted by Gasteiger charge is -2.19. The topological polar surface area (TPSA) is 28.7 Å². The van der Waals surface area contributed by atoms with E-state index >= 15 is 0 Å². The first kappa shape index (κ1) is 20.1. The number of hydrogen-bond acceptors (Lipinski definition) is 2. The number of nitriles is 1. The maximum Gasteiger partial charge on any atom is 0.0991 e. The van der Waals surface area contributed by atoms with Crippen LogP contribution in [0.5, 0.6) is 0 Å². The molecule has 0 aliphatic carbocycles. The van der Waals surface area contributed by atoms with E-state index in [1.165, 1.54) is 48.4 Å². The largest absolute Gasteiger partial charge is 0.307 e. The molecular weight excluding hydrogens is 444 g/mol. The lowest BCUT2D eigenvalue weighted by molar-refractivity contribution is 1.09. The van der Waals surface area contributed by atoms with Gasteiger partial charge < -0.3 is 4.57 Å². The van der Waals surface area contributed by atoms with Crippen molar-refractivity contribution in [1.29, 1.82) is 5.26 Å². The van der Waals surface area contributed by atoms with Crippen LogP contribution >= 0.6 is 11.8 Å². The predicted molar refractivity (Wildman–Crippen MR) is 145 cm³/mol. The minimum absolute atomic E-state index is 0.694. The second-order valence-corrected chi connectivity index (χ2v) is 10.2. The molecule has 5 aromatic carbocycles. The molecule has 0 atom stereocenters. The van der Waals surface area contributed by atoms with Crippen LogP contribution in [-0.2, 0) is 0 Å². The van der Waals surface area contributed by atoms with Crippen molar-refractivity contribution in [3.05, 3.63) is 114 Å². The Morgan fingerprint density at radius 3 is 2.31 bits per heavy atom. The first-order valence-electron chi connectivity index (χ1n) is 11.7. The normalized spacial score (nSPS) is 12.0. The minimum Gasteiger partial charge on any atom is -0.307 e. The van der Waals surface area contributed by atoms with Crippen LogP contribution in [0, 0.1) is 18.3 Å². The molecule has 0 unspecified atom stereocenters. The second kappa shape index (κ2) is 7.63. The van der Waals surface area contributed by atoms with E-state index in [-0.39, 0.29) is 0 Å². The molecule has 0 N–H and O–H groups in total. The van der Waals surface area contributed by atoms with Crippen molar-refractivity contribution in [2.75, 3.05) is 0 Å². The van der Waals surface area contributed by atoms with E-state index in [1.54, 1.807) is 0 Å². The van der Waals surface area contributed by atoms with Crippen LogP contribution < -0.4 is 0 Å². The molecule has 1 aromatic heterocycles. The summed E-state index contributed by atoms with van der Waals surface area (Å²) in [4.78, 5) is 2.59. The Morgan fingerprint density at radius 2 is 1.43 bits per heavy atom. The van der Waals surface area contributed by atoms with Crippen LogP contribution in [0.1, 0.15) is 11.1 Å². The van der Waals surface area contributed by atoms with Crippen LogP contribution in [0.3, 0.4) is 0 Å². The van der Waals surface area contributed by atoms with E-state index in [9.17, 15) is 5.26 Å². The number of hydrogen-bond donors (Lipinski definition) is 0. The summed E-state index contributed by atoms with van der Waals surface area (Å²) in [5, 5.41) is 12.0. The van der Waals surface area contributed by atoms with Gasteiger partial charge in [-0.2, -0.15) is 5.26 Å². The van der Waals surface area contributed by atoms with Crippen LogP contribution in [0.4, 0.5) is 0 Å². The van der Waals surface area contributed by atoms with Crippen LogP contribution in [-0.4, -0.2) is 4.57 Å². The van der Waals surface area contributed by atoms with Crippen molar-refractivity contribution in [3.63, 3.8) is 0 Å². The molecule has 1 aliphatic heterocycles. The zero-order chi connectivity index (χ0) is 23.5. The highest BCUT2D eigenvalue weighted by atomic mass is 32.2. The van der Waals surface area contributed by atoms with Crippen LogP contribution in [0.15, 0.2) is 113 Å². The SMILES string of the molecule is Cc1cc(C#N)cc(-c2cccc(-c3ccc4c(c3)c3cccc5c3n4-c3ccccc3S5)c2)c1. The van der Waals surface area contributed by atoms with Gasteiger partial charge in [-0.1, -0.05) is 66.4 Å². The summed E-state index contributed by atoms with van der Waals surface area (Å²) in [5.41, 5.74) is 10.1. The predicted octanol–water partition coefficient (Wildman–Crippen LogP) is 8.76. The standard InChI is InChI=1S/C32H20N2S/c1-20-14-21(19-33)16-25(15-20)23-7-4-6-22(17-23)24-12-13-28-27(18-24)26-8-5-11-31-32(26)34(28)29-9-2-3-10-30(29)35-31/h2-18H,1H3. The van der Waals surface area contributed by atoms with Crippen molar-refractivity contribution < 1.29 is 0 Å². The number of benzene rings is 5. The van der Waals surface area contributed by atoms with E-state index in [2.05, 4.69) is 102 Å². The number of aromatic nitrogens is 1. The van der Waals surface area contributed by atoms with Gasteiger partial charge in [0.05, 0.1) is 28.4 Å². The van der Waals surface area contributed by atoms with Crippen molar-refractivity contribution in [1.82, 2.24) is 4.57 Å². The van der Waals surface area contributed by atoms with Gasteiger partial charge in [0.15, 0.2) is 0 Å². The van der Waals surface area contributed by atoms with Crippen molar-refractivity contribution in [3.8, 4) is 34.0 Å². The summed E-state index contributed by atoms with van der Waals surface area (Å²) < 4.78 is 2.42. The summed E-state index contributed by atoms with van der Waals surface area (Å²) in [6, 6.07) is 39.0. The van der Waals surface area contributed by atoms with Crippen molar-refractivity contribution in [2.45, 2.75) is 16.7 Å². The molecule has 0 bridgehead atoms. The van der Waals surface area contributed by atoms with E-state index < -0.39 is 0 Å². The van der Waals surface area contributed by atoms with E-state index in [4.69, 9.17) is 0 Å². The first-order chi connectivity index (χ1) is 17.2. The molecule has 0 saturated heterocycles. The smallest absolute Gasteiger partial charge is 0.0991 e. The fourth-order valence-electron chi connectivity index (χ4n) is 5.29. The van der Waals surface area contributed by atoms with E-state index in [0.29, 0.717) is 5.56 Å². The van der Waals surface area contributed by atoms with Gasteiger partial charge in [-0.15, -0.1) is 0 Å². The fraction of sp³-hybridized carbons (Fsp3) is 0.0312. The quantitative estimate of drug-likeness (QED) is 0.256. The minimum atomic E-state index is 0.694. The highest BCUT2D eigenvalue weighted by molar-refractivity contribution is 7.99. The molecule has 0 saturated carbocycles. The van der Waals surface area contributed by atoms with Gasteiger partial charge in [-0.3, -0.25) is 0 Å². The molecule has 0 radical (unpaired) electrons. The molecule has 3 heteroatoms. The summed E-state index contributed by atoms with van der Waals surface area (Å²) in [6.45, 7) is 2.04. The molecular formula is C32H20N2S. The van der Waals surface area contributed by atoms with E-state index in [0.717, 1.165) is 16.7 Å². The molecule has 35 heavy (non-hydrogen) atoms. The summed E-state index contributed by atoms with van der Waals surface area (Å²) >= 11 is 1.85. The Bertz CT molecular complexity index is 1850. The van der Waals surface area contributed by atoms with Crippen LogP contribution in [0.2, 0.25) is 0 Å². The third-order valence-corrected chi connectivity index (χ3v) is 7.93. The Balaban J connectivity index is 1.43.